The van der Waals surface area contributed by atoms with E-state index in [1.807, 2.05) is 19.1 Å². The van der Waals surface area contributed by atoms with Gasteiger partial charge in [-0.3, -0.25) is 9.89 Å². The van der Waals surface area contributed by atoms with Gasteiger partial charge in [-0.1, -0.05) is 23.7 Å². The molecule has 3 rings (SSSR count). The number of H-pyrrole nitrogens is 1. The molecule has 0 bridgehead atoms. The van der Waals surface area contributed by atoms with Gasteiger partial charge in [-0.15, -0.1) is 0 Å². The van der Waals surface area contributed by atoms with Gasteiger partial charge in [0, 0.05) is 28.4 Å². The molecule has 3 aromatic rings. The Bertz CT molecular complexity index is 1110. The third-order valence-electron chi connectivity index (χ3n) is 4.39. The molecule has 1 heterocycles. The van der Waals surface area contributed by atoms with Crippen molar-refractivity contribution in [3.63, 3.8) is 0 Å². The number of aromatic nitrogens is 2. The lowest BCUT2D eigenvalue weighted by molar-refractivity contribution is -0.120. The summed E-state index contributed by atoms with van der Waals surface area (Å²) < 4.78 is 37.5. The number of carbonyl (C=O) groups excluding carboxylic acids is 1. The topological polar surface area (TPSA) is 91.9 Å². The van der Waals surface area contributed by atoms with Crippen molar-refractivity contribution in [2.24, 2.45) is 0 Å². The van der Waals surface area contributed by atoms with Crippen molar-refractivity contribution in [3.05, 3.63) is 70.6 Å². The van der Waals surface area contributed by atoms with Crippen LogP contribution in [-0.4, -0.2) is 36.8 Å². The minimum Gasteiger partial charge on any atom is -0.355 e. The van der Waals surface area contributed by atoms with Crippen molar-refractivity contribution < 1.29 is 17.6 Å². The largest absolute Gasteiger partial charge is 0.355 e. The second-order valence-electron chi connectivity index (χ2n) is 6.48. The number of hydrogen-bond acceptors (Lipinski definition) is 4. The fraction of sp³-hybridized carbons (Fsp3) is 0.200. The van der Waals surface area contributed by atoms with Crippen LogP contribution in [0.1, 0.15) is 11.3 Å². The predicted molar refractivity (Wildman–Crippen MR) is 109 cm³/mol. The number of benzene rings is 2. The molecule has 9 heteroatoms. The van der Waals surface area contributed by atoms with E-state index < -0.39 is 15.7 Å². The van der Waals surface area contributed by atoms with E-state index >= 15 is 0 Å². The Balaban J connectivity index is 1.62. The number of hydrogen-bond donors (Lipinski definition) is 2. The SMILES string of the molecule is Cc1[nH]nc(-c2ccc(Cl)cc2)c1CC(=O)NCCS(=O)(=O)c1ccc(F)cc1. The number of rotatable bonds is 7. The molecule has 0 radical (unpaired) electrons. The van der Waals surface area contributed by atoms with Gasteiger partial charge >= 0.3 is 0 Å². The first-order valence-electron chi connectivity index (χ1n) is 8.81. The van der Waals surface area contributed by atoms with Gasteiger partial charge in [0.2, 0.25) is 5.91 Å². The van der Waals surface area contributed by atoms with Gasteiger partial charge in [0.05, 0.1) is 22.8 Å². The quantitative estimate of drug-likeness (QED) is 0.557. The molecule has 0 saturated heterocycles. The lowest BCUT2D eigenvalue weighted by Crippen LogP contribution is -2.30. The van der Waals surface area contributed by atoms with Crippen LogP contribution in [0.15, 0.2) is 53.4 Å². The van der Waals surface area contributed by atoms with Crippen LogP contribution in [0, 0.1) is 12.7 Å². The van der Waals surface area contributed by atoms with Gasteiger partial charge in [0.25, 0.3) is 0 Å². The predicted octanol–water partition coefficient (Wildman–Crippen LogP) is 3.31. The van der Waals surface area contributed by atoms with Crippen LogP contribution in [0.3, 0.4) is 0 Å². The summed E-state index contributed by atoms with van der Waals surface area (Å²) in [6.07, 6.45) is 0.0525. The average Bonchev–Trinajstić information content (AvgIpc) is 3.03. The maximum atomic E-state index is 13.0. The van der Waals surface area contributed by atoms with Crippen molar-refractivity contribution in [3.8, 4) is 11.3 Å². The molecule has 2 N–H and O–H groups in total. The second kappa shape index (κ2) is 8.75. The summed E-state index contributed by atoms with van der Waals surface area (Å²) in [4.78, 5) is 12.4. The molecule has 0 atom stereocenters. The zero-order valence-electron chi connectivity index (χ0n) is 15.6. The van der Waals surface area contributed by atoms with Crippen molar-refractivity contribution >= 4 is 27.3 Å². The van der Waals surface area contributed by atoms with Crippen molar-refractivity contribution in [2.45, 2.75) is 18.2 Å². The number of halogens is 2. The number of nitrogens with zero attached hydrogens (tertiary/aromatic N) is 1. The molecular formula is C20H19ClFN3O3S. The van der Waals surface area contributed by atoms with Gasteiger partial charge in [0.1, 0.15) is 5.82 Å². The van der Waals surface area contributed by atoms with Crippen molar-refractivity contribution in [1.82, 2.24) is 15.5 Å². The van der Waals surface area contributed by atoms with E-state index in [0.29, 0.717) is 10.7 Å². The number of sulfone groups is 1. The number of carbonyl (C=O) groups is 1. The fourth-order valence-electron chi connectivity index (χ4n) is 2.82. The first-order chi connectivity index (χ1) is 13.8. The summed E-state index contributed by atoms with van der Waals surface area (Å²) in [5.74, 6) is -1.11. The fourth-order valence-corrected chi connectivity index (χ4v) is 4.11. The van der Waals surface area contributed by atoms with Gasteiger partial charge in [-0.25, -0.2) is 12.8 Å². The van der Waals surface area contributed by atoms with Crippen LogP contribution in [0.2, 0.25) is 5.02 Å². The lowest BCUT2D eigenvalue weighted by Gasteiger charge is -2.08. The summed E-state index contributed by atoms with van der Waals surface area (Å²) in [5.41, 5.74) is 2.95. The van der Waals surface area contributed by atoms with E-state index in [9.17, 15) is 17.6 Å². The molecule has 1 amide bonds. The van der Waals surface area contributed by atoms with Crippen LogP contribution in [0.5, 0.6) is 0 Å². The molecule has 2 aromatic carbocycles. The zero-order valence-corrected chi connectivity index (χ0v) is 17.1. The maximum Gasteiger partial charge on any atom is 0.224 e. The maximum absolute atomic E-state index is 13.0. The van der Waals surface area contributed by atoms with E-state index in [1.165, 1.54) is 12.1 Å². The molecule has 6 nitrogen and oxygen atoms in total. The van der Waals surface area contributed by atoms with E-state index in [1.54, 1.807) is 12.1 Å². The standard InChI is InChI=1S/C20H19ClFN3O3S/c1-13-18(20(25-24-13)14-2-4-15(21)5-3-14)12-19(26)23-10-11-29(27,28)17-8-6-16(22)7-9-17/h2-9H,10-12H2,1H3,(H,23,26)(H,24,25). The first-order valence-corrected chi connectivity index (χ1v) is 10.8. The molecule has 1 aromatic heterocycles. The number of nitrogens with one attached hydrogen (secondary N) is 2. The molecule has 0 aliphatic rings. The van der Waals surface area contributed by atoms with Crippen molar-refractivity contribution in [1.29, 1.82) is 0 Å². The van der Waals surface area contributed by atoms with E-state index in [0.717, 1.165) is 29.0 Å². The van der Waals surface area contributed by atoms with Crippen LogP contribution in [0.4, 0.5) is 4.39 Å². The average molecular weight is 436 g/mol. The van der Waals surface area contributed by atoms with Gasteiger partial charge in [-0.2, -0.15) is 5.10 Å². The lowest BCUT2D eigenvalue weighted by atomic mass is 10.0. The second-order valence-corrected chi connectivity index (χ2v) is 9.03. The van der Waals surface area contributed by atoms with E-state index in [-0.39, 0.29) is 29.5 Å². The number of aromatic amines is 1. The highest BCUT2D eigenvalue weighted by atomic mass is 35.5. The number of aryl methyl sites for hydroxylation is 1. The summed E-state index contributed by atoms with van der Waals surface area (Å²) in [7, 11) is -3.61. The third-order valence-corrected chi connectivity index (χ3v) is 6.38. The first kappa shape index (κ1) is 21.0. The zero-order chi connectivity index (χ0) is 21.0. The summed E-state index contributed by atoms with van der Waals surface area (Å²) in [6, 6.07) is 11.7. The monoisotopic (exact) mass is 435 g/mol. The molecular weight excluding hydrogens is 417 g/mol. The molecule has 152 valence electrons. The Hall–Kier alpha value is -2.71. The Morgan fingerprint density at radius 1 is 1.14 bits per heavy atom. The highest BCUT2D eigenvalue weighted by molar-refractivity contribution is 7.91. The highest BCUT2D eigenvalue weighted by Crippen LogP contribution is 2.25. The molecule has 0 fully saturated rings. The molecule has 0 aliphatic carbocycles. The summed E-state index contributed by atoms with van der Waals surface area (Å²) in [5, 5.41) is 10.4. The molecule has 0 unspecified atom stereocenters. The Morgan fingerprint density at radius 3 is 2.45 bits per heavy atom. The molecule has 0 spiro atoms. The van der Waals surface area contributed by atoms with Gasteiger partial charge in [-0.05, 0) is 43.3 Å². The van der Waals surface area contributed by atoms with E-state index in [2.05, 4.69) is 15.5 Å². The van der Waals surface area contributed by atoms with Crippen LogP contribution in [-0.2, 0) is 21.1 Å². The highest BCUT2D eigenvalue weighted by Gasteiger charge is 2.18. The van der Waals surface area contributed by atoms with Crippen LogP contribution in [0.25, 0.3) is 11.3 Å². The van der Waals surface area contributed by atoms with Crippen molar-refractivity contribution in [2.75, 3.05) is 12.3 Å². The van der Waals surface area contributed by atoms with Gasteiger partial charge in [0.15, 0.2) is 9.84 Å². The summed E-state index contributed by atoms with van der Waals surface area (Å²) in [6.45, 7) is 1.76. The Labute approximate surface area is 173 Å². The minimum absolute atomic E-state index is 0.0175. The smallest absolute Gasteiger partial charge is 0.224 e. The van der Waals surface area contributed by atoms with Crippen LogP contribution < -0.4 is 5.32 Å². The normalized spacial score (nSPS) is 11.4. The molecule has 0 aliphatic heterocycles. The van der Waals surface area contributed by atoms with Crippen LogP contribution >= 0.6 is 11.6 Å². The van der Waals surface area contributed by atoms with E-state index in [4.69, 9.17) is 11.6 Å². The third kappa shape index (κ3) is 5.21. The number of amides is 1. The molecule has 0 saturated carbocycles. The minimum atomic E-state index is -3.61. The van der Waals surface area contributed by atoms with Gasteiger partial charge < -0.3 is 5.32 Å². The Morgan fingerprint density at radius 2 is 1.79 bits per heavy atom. The summed E-state index contributed by atoms with van der Waals surface area (Å²) >= 11 is 5.91. The Kier molecular flexibility index (Phi) is 6.34. The molecule has 29 heavy (non-hydrogen) atoms.